The molecule has 2 rings (SSSR count). The highest BCUT2D eigenvalue weighted by atomic mass is 16.3. The van der Waals surface area contributed by atoms with E-state index in [1.165, 1.54) is 51.5 Å². The molecule has 2 heteroatoms. The smallest absolute Gasteiger partial charge is 0.0471 e. The molecule has 1 saturated carbocycles. The zero-order valence-electron chi connectivity index (χ0n) is 9.12. The Labute approximate surface area is 87.3 Å². The van der Waals surface area contributed by atoms with Crippen LogP contribution in [-0.4, -0.2) is 35.7 Å². The van der Waals surface area contributed by atoms with Gasteiger partial charge in [-0.1, -0.05) is 25.7 Å². The molecule has 0 amide bonds. The lowest BCUT2D eigenvalue weighted by Gasteiger charge is -2.26. The lowest BCUT2D eigenvalue weighted by atomic mass is 10.1. The Balaban J connectivity index is 1.82. The molecule has 82 valence electrons. The van der Waals surface area contributed by atoms with Crippen LogP contribution in [0.2, 0.25) is 0 Å². The Morgan fingerprint density at radius 2 is 1.71 bits per heavy atom. The Bertz CT molecular complexity index is 164. The molecule has 0 aromatic rings. The van der Waals surface area contributed by atoms with Gasteiger partial charge in [-0.2, -0.15) is 0 Å². The first-order chi connectivity index (χ1) is 6.90. The van der Waals surface area contributed by atoms with E-state index in [1.54, 1.807) is 0 Å². The van der Waals surface area contributed by atoms with Gasteiger partial charge in [0.2, 0.25) is 0 Å². The third kappa shape index (κ3) is 2.48. The molecule has 2 aliphatic rings. The molecule has 1 atom stereocenters. The number of nitrogens with zero attached hydrogens (tertiary/aromatic N) is 1. The van der Waals surface area contributed by atoms with E-state index in [2.05, 4.69) is 4.90 Å². The fourth-order valence-corrected chi connectivity index (χ4v) is 2.97. The number of rotatable bonds is 2. The molecule has 1 N–H and O–H groups in total. The molecular formula is C12H23NO. The van der Waals surface area contributed by atoms with Crippen LogP contribution in [0.1, 0.15) is 44.9 Å². The SMILES string of the molecule is OCC1CCN(C2CCCCCC2)C1. The molecule has 14 heavy (non-hydrogen) atoms. The third-order valence-electron chi connectivity index (χ3n) is 3.92. The van der Waals surface area contributed by atoms with E-state index in [9.17, 15) is 0 Å². The van der Waals surface area contributed by atoms with Crippen molar-refractivity contribution in [3.05, 3.63) is 0 Å². The van der Waals surface area contributed by atoms with Crippen molar-refractivity contribution in [3.8, 4) is 0 Å². The standard InChI is InChI=1S/C12H23NO/c14-10-11-7-8-13(9-11)12-5-3-1-2-4-6-12/h11-12,14H,1-10H2. The van der Waals surface area contributed by atoms with Crippen molar-refractivity contribution in [2.75, 3.05) is 19.7 Å². The Morgan fingerprint density at radius 3 is 2.29 bits per heavy atom. The first kappa shape index (κ1) is 10.4. The minimum atomic E-state index is 0.392. The minimum Gasteiger partial charge on any atom is -0.396 e. The monoisotopic (exact) mass is 197 g/mol. The molecule has 1 aliphatic heterocycles. The van der Waals surface area contributed by atoms with Crippen LogP contribution in [0.25, 0.3) is 0 Å². The lowest BCUT2D eigenvalue weighted by molar-refractivity contribution is 0.187. The van der Waals surface area contributed by atoms with Gasteiger partial charge in [-0.15, -0.1) is 0 Å². The van der Waals surface area contributed by atoms with E-state index in [-0.39, 0.29) is 0 Å². The zero-order valence-corrected chi connectivity index (χ0v) is 9.12. The maximum absolute atomic E-state index is 9.11. The summed E-state index contributed by atoms with van der Waals surface area (Å²) in [5.41, 5.74) is 0. The summed E-state index contributed by atoms with van der Waals surface area (Å²) in [7, 11) is 0. The van der Waals surface area contributed by atoms with Gasteiger partial charge in [-0.3, -0.25) is 0 Å². The van der Waals surface area contributed by atoms with E-state index in [0.29, 0.717) is 12.5 Å². The molecular weight excluding hydrogens is 174 g/mol. The van der Waals surface area contributed by atoms with Crippen molar-refractivity contribution in [2.45, 2.75) is 51.0 Å². The molecule has 0 bridgehead atoms. The van der Waals surface area contributed by atoms with E-state index in [4.69, 9.17) is 5.11 Å². The average molecular weight is 197 g/mol. The highest BCUT2D eigenvalue weighted by Gasteiger charge is 2.27. The van der Waals surface area contributed by atoms with Crippen molar-refractivity contribution >= 4 is 0 Å². The number of aliphatic hydroxyl groups is 1. The summed E-state index contributed by atoms with van der Waals surface area (Å²) in [4.78, 5) is 2.63. The normalized spacial score (nSPS) is 31.9. The van der Waals surface area contributed by atoms with Crippen LogP contribution >= 0.6 is 0 Å². The number of hydrogen-bond donors (Lipinski definition) is 1. The first-order valence-corrected chi connectivity index (χ1v) is 6.25. The Hall–Kier alpha value is -0.0800. The second kappa shape index (κ2) is 5.13. The van der Waals surface area contributed by atoms with Crippen LogP contribution in [0, 0.1) is 5.92 Å². The molecule has 1 aliphatic carbocycles. The Kier molecular flexibility index (Phi) is 3.82. The predicted octanol–water partition coefficient (Wildman–Crippen LogP) is 2.02. The zero-order chi connectivity index (χ0) is 9.80. The second-order valence-corrected chi connectivity index (χ2v) is 4.98. The molecule has 0 radical (unpaired) electrons. The van der Waals surface area contributed by atoms with Gasteiger partial charge in [-0.05, 0) is 31.7 Å². The van der Waals surface area contributed by atoms with Gasteiger partial charge < -0.3 is 10.0 Å². The average Bonchev–Trinajstić information content (AvgIpc) is 2.53. The summed E-state index contributed by atoms with van der Waals surface area (Å²) in [6, 6.07) is 0.842. The molecule has 1 unspecified atom stereocenters. The maximum Gasteiger partial charge on any atom is 0.0471 e. The molecule has 2 fully saturated rings. The summed E-state index contributed by atoms with van der Waals surface area (Å²) >= 11 is 0. The van der Waals surface area contributed by atoms with Crippen LogP contribution in [0.15, 0.2) is 0 Å². The van der Waals surface area contributed by atoms with Gasteiger partial charge in [0.1, 0.15) is 0 Å². The Morgan fingerprint density at radius 1 is 1.00 bits per heavy atom. The molecule has 0 aromatic carbocycles. The van der Waals surface area contributed by atoms with Gasteiger partial charge >= 0.3 is 0 Å². The maximum atomic E-state index is 9.11. The van der Waals surface area contributed by atoms with Crippen LogP contribution in [-0.2, 0) is 0 Å². The van der Waals surface area contributed by atoms with Gasteiger partial charge in [0.25, 0.3) is 0 Å². The summed E-state index contributed by atoms with van der Waals surface area (Å²) in [5, 5.41) is 9.11. The van der Waals surface area contributed by atoms with Crippen molar-refractivity contribution < 1.29 is 5.11 Å². The van der Waals surface area contributed by atoms with Gasteiger partial charge in [0.15, 0.2) is 0 Å². The summed E-state index contributed by atoms with van der Waals surface area (Å²) in [6.45, 7) is 2.78. The molecule has 1 heterocycles. The van der Waals surface area contributed by atoms with Gasteiger partial charge in [0, 0.05) is 19.2 Å². The summed E-state index contributed by atoms with van der Waals surface area (Å²) < 4.78 is 0. The fraction of sp³-hybridized carbons (Fsp3) is 1.00. The molecule has 0 spiro atoms. The van der Waals surface area contributed by atoms with Crippen LogP contribution in [0.4, 0.5) is 0 Å². The summed E-state index contributed by atoms with van der Waals surface area (Å²) in [6.07, 6.45) is 9.74. The third-order valence-corrected chi connectivity index (χ3v) is 3.92. The summed E-state index contributed by atoms with van der Waals surface area (Å²) in [5.74, 6) is 0.568. The quantitative estimate of drug-likeness (QED) is 0.685. The van der Waals surface area contributed by atoms with E-state index >= 15 is 0 Å². The van der Waals surface area contributed by atoms with E-state index in [1.807, 2.05) is 0 Å². The van der Waals surface area contributed by atoms with Crippen molar-refractivity contribution in [2.24, 2.45) is 5.92 Å². The topological polar surface area (TPSA) is 23.5 Å². The highest BCUT2D eigenvalue weighted by Crippen LogP contribution is 2.26. The van der Waals surface area contributed by atoms with Crippen molar-refractivity contribution in [1.82, 2.24) is 4.90 Å². The van der Waals surface area contributed by atoms with E-state index < -0.39 is 0 Å². The number of hydrogen-bond acceptors (Lipinski definition) is 2. The van der Waals surface area contributed by atoms with E-state index in [0.717, 1.165) is 12.6 Å². The van der Waals surface area contributed by atoms with Gasteiger partial charge in [0.05, 0.1) is 0 Å². The van der Waals surface area contributed by atoms with Gasteiger partial charge in [-0.25, -0.2) is 0 Å². The van der Waals surface area contributed by atoms with Crippen LogP contribution in [0.5, 0.6) is 0 Å². The number of likely N-dealkylation sites (tertiary alicyclic amines) is 1. The fourth-order valence-electron chi connectivity index (χ4n) is 2.97. The largest absolute Gasteiger partial charge is 0.396 e. The number of aliphatic hydroxyl groups excluding tert-OH is 1. The van der Waals surface area contributed by atoms with Crippen molar-refractivity contribution in [3.63, 3.8) is 0 Å². The van der Waals surface area contributed by atoms with Crippen LogP contribution < -0.4 is 0 Å². The first-order valence-electron chi connectivity index (χ1n) is 6.25. The van der Waals surface area contributed by atoms with Crippen molar-refractivity contribution in [1.29, 1.82) is 0 Å². The molecule has 1 saturated heterocycles. The lowest BCUT2D eigenvalue weighted by Crippen LogP contribution is -2.33. The molecule has 2 nitrogen and oxygen atoms in total. The second-order valence-electron chi connectivity index (χ2n) is 4.98. The highest BCUT2D eigenvalue weighted by molar-refractivity contribution is 4.82. The van der Waals surface area contributed by atoms with Crippen LogP contribution in [0.3, 0.4) is 0 Å². The molecule has 0 aromatic heterocycles. The predicted molar refractivity (Wildman–Crippen MR) is 58.3 cm³/mol. The minimum absolute atomic E-state index is 0.392.